The van der Waals surface area contributed by atoms with E-state index in [0.29, 0.717) is 0 Å². The van der Waals surface area contributed by atoms with Crippen molar-refractivity contribution in [3.63, 3.8) is 0 Å². The van der Waals surface area contributed by atoms with Gasteiger partial charge < -0.3 is 0 Å². The Labute approximate surface area is 58.9 Å². The minimum Gasteiger partial charge on any atom is -0.299 e. The average Bonchev–Trinajstić information content (AvgIpc) is 1.59. The standard InChI is InChI=1S/C3H7NO3S2/c4-3(8)1-2-9(5,6)7/h1-2H2,(H2,4,8)(H,5,6,7). The van der Waals surface area contributed by atoms with E-state index in [1.807, 2.05) is 0 Å². The van der Waals surface area contributed by atoms with Gasteiger partial charge in [0.15, 0.2) is 0 Å². The summed E-state index contributed by atoms with van der Waals surface area (Å²) in [4.78, 5) is 0. The summed E-state index contributed by atoms with van der Waals surface area (Å²) in [5, 5.41) is 6.61. The Morgan fingerprint density at radius 1 is 1.67 bits per heavy atom. The van der Waals surface area contributed by atoms with Gasteiger partial charge in [0.05, 0.1) is 10.8 Å². The molecular weight excluding hydrogens is 162 g/mol. The van der Waals surface area contributed by atoms with Crippen molar-refractivity contribution in [1.29, 1.82) is 5.41 Å². The highest BCUT2D eigenvalue weighted by molar-refractivity contribution is 7.97. The molecule has 0 aliphatic carbocycles. The largest absolute Gasteiger partial charge is 0.299 e. The van der Waals surface area contributed by atoms with E-state index in [9.17, 15) is 8.42 Å². The molecule has 0 aliphatic rings. The molecule has 6 heteroatoms. The van der Waals surface area contributed by atoms with Crippen LogP contribution >= 0.6 is 12.6 Å². The lowest BCUT2D eigenvalue weighted by Crippen LogP contribution is -2.05. The second-order valence-corrected chi connectivity index (χ2v) is 3.59. The number of hydrogen-bond acceptors (Lipinski definition) is 3. The van der Waals surface area contributed by atoms with Gasteiger partial charge in [-0.15, -0.1) is 12.6 Å². The van der Waals surface area contributed by atoms with Crippen molar-refractivity contribution in [2.45, 2.75) is 6.42 Å². The van der Waals surface area contributed by atoms with Crippen LogP contribution in [0.1, 0.15) is 6.42 Å². The first kappa shape index (κ1) is 8.93. The minimum absolute atomic E-state index is 0.0258. The molecule has 0 rings (SSSR count). The van der Waals surface area contributed by atoms with Crippen molar-refractivity contribution in [3.8, 4) is 0 Å². The van der Waals surface area contributed by atoms with Gasteiger partial charge in [-0.05, 0) is 0 Å². The van der Waals surface area contributed by atoms with Crippen LogP contribution in [-0.4, -0.2) is 23.8 Å². The van der Waals surface area contributed by atoms with Gasteiger partial charge in [0.2, 0.25) is 0 Å². The second kappa shape index (κ2) is 3.19. The molecule has 0 saturated carbocycles. The molecule has 0 atom stereocenters. The molecule has 0 heterocycles. The molecule has 0 saturated heterocycles. The van der Waals surface area contributed by atoms with E-state index in [-0.39, 0.29) is 11.5 Å². The van der Waals surface area contributed by atoms with Gasteiger partial charge in [-0.1, -0.05) is 0 Å². The summed E-state index contributed by atoms with van der Waals surface area (Å²) in [6.45, 7) is 0. The molecule has 0 spiro atoms. The van der Waals surface area contributed by atoms with Crippen LogP contribution in [0.3, 0.4) is 0 Å². The van der Waals surface area contributed by atoms with Gasteiger partial charge in [0.25, 0.3) is 10.1 Å². The Kier molecular flexibility index (Phi) is 3.16. The van der Waals surface area contributed by atoms with Gasteiger partial charge in [-0.25, -0.2) is 0 Å². The van der Waals surface area contributed by atoms with E-state index >= 15 is 0 Å². The molecule has 2 N–H and O–H groups in total. The minimum atomic E-state index is -3.91. The van der Waals surface area contributed by atoms with Crippen molar-refractivity contribution in [3.05, 3.63) is 0 Å². The van der Waals surface area contributed by atoms with E-state index in [2.05, 4.69) is 12.6 Å². The highest BCUT2D eigenvalue weighted by Crippen LogP contribution is 1.92. The molecule has 54 valence electrons. The summed E-state index contributed by atoms with van der Waals surface area (Å²) in [7, 11) is -3.91. The molecule has 0 bridgehead atoms. The quantitative estimate of drug-likeness (QED) is 0.244. The van der Waals surface area contributed by atoms with Crippen molar-refractivity contribution >= 4 is 27.8 Å². The second-order valence-electron chi connectivity index (χ2n) is 1.48. The lowest BCUT2D eigenvalue weighted by molar-refractivity contribution is 0.483. The number of hydrogen-bond donors (Lipinski definition) is 3. The number of nitrogens with one attached hydrogen (secondary N) is 1. The van der Waals surface area contributed by atoms with Crippen LogP contribution in [0.5, 0.6) is 0 Å². The first-order valence-corrected chi connectivity index (χ1v) is 4.19. The van der Waals surface area contributed by atoms with E-state index < -0.39 is 15.9 Å². The van der Waals surface area contributed by atoms with E-state index in [0.717, 1.165) is 0 Å². The maximum Gasteiger partial charge on any atom is 0.265 e. The third-order valence-electron chi connectivity index (χ3n) is 0.597. The van der Waals surface area contributed by atoms with E-state index in [1.54, 1.807) is 0 Å². The van der Waals surface area contributed by atoms with Gasteiger partial charge in [-0.3, -0.25) is 9.96 Å². The lowest BCUT2D eigenvalue weighted by atomic mass is 10.5. The van der Waals surface area contributed by atoms with Gasteiger partial charge >= 0.3 is 0 Å². The summed E-state index contributed by atoms with van der Waals surface area (Å²) < 4.78 is 28.0. The fraction of sp³-hybridized carbons (Fsp3) is 0.667. The van der Waals surface area contributed by atoms with Gasteiger partial charge in [0.1, 0.15) is 0 Å². The van der Waals surface area contributed by atoms with Crippen LogP contribution < -0.4 is 0 Å². The average molecular weight is 169 g/mol. The number of rotatable bonds is 3. The molecule has 0 amide bonds. The van der Waals surface area contributed by atoms with Crippen LogP contribution in [0, 0.1) is 5.41 Å². The maximum atomic E-state index is 9.96. The Morgan fingerprint density at radius 3 is 2.22 bits per heavy atom. The van der Waals surface area contributed by atoms with Crippen molar-refractivity contribution in [2.75, 3.05) is 5.75 Å². The Morgan fingerprint density at radius 2 is 2.11 bits per heavy atom. The Balaban J connectivity index is 3.67. The van der Waals surface area contributed by atoms with Crippen LogP contribution in [0.15, 0.2) is 0 Å². The monoisotopic (exact) mass is 169 g/mol. The van der Waals surface area contributed by atoms with Gasteiger partial charge in [0, 0.05) is 6.42 Å². The van der Waals surface area contributed by atoms with Crippen LogP contribution in [-0.2, 0) is 10.1 Å². The fourth-order valence-electron chi connectivity index (χ4n) is 0.226. The Bertz CT molecular complexity index is 195. The fourth-order valence-corrected chi connectivity index (χ4v) is 0.951. The smallest absolute Gasteiger partial charge is 0.265 e. The van der Waals surface area contributed by atoms with E-state index in [4.69, 9.17) is 9.96 Å². The topological polar surface area (TPSA) is 78.2 Å². The summed E-state index contributed by atoms with van der Waals surface area (Å²) >= 11 is 3.52. The third-order valence-corrected chi connectivity index (χ3v) is 1.54. The third kappa shape index (κ3) is 7.93. The highest BCUT2D eigenvalue weighted by atomic mass is 32.2. The molecule has 0 radical (unpaired) electrons. The summed E-state index contributed by atoms with van der Waals surface area (Å²) in [6, 6.07) is 0. The van der Waals surface area contributed by atoms with Crippen LogP contribution in [0.2, 0.25) is 0 Å². The zero-order chi connectivity index (χ0) is 7.49. The molecule has 0 aromatic heterocycles. The Hall–Kier alpha value is -0.0700. The predicted molar refractivity (Wildman–Crippen MR) is 37.7 cm³/mol. The van der Waals surface area contributed by atoms with Gasteiger partial charge in [-0.2, -0.15) is 8.42 Å². The first-order valence-electron chi connectivity index (χ1n) is 2.13. The predicted octanol–water partition coefficient (Wildman–Crippen LogP) is 0.171. The summed E-state index contributed by atoms with van der Waals surface area (Å²) in [6.07, 6.45) is -0.0258. The van der Waals surface area contributed by atoms with Crippen molar-refractivity contribution in [1.82, 2.24) is 0 Å². The lowest BCUT2D eigenvalue weighted by Gasteiger charge is -1.91. The summed E-state index contributed by atoms with van der Waals surface area (Å²) in [5.74, 6) is -0.421. The molecule has 0 aliphatic heterocycles. The normalized spacial score (nSPS) is 11.3. The van der Waals surface area contributed by atoms with Crippen molar-refractivity contribution < 1.29 is 13.0 Å². The highest BCUT2D eigenvalue weighted by Gasteiger charge is 2.03. The molecule has 0 fully saturated rings. The van der Waals surface area contributed by atoms with Crippen molar-refractivity contribution in [2.24, 2.45) is 0 Å². The number of thiol groups is 1. The van der Waals surface area contributed by atoms with Crippen LogP contribution in [0.4, 0.5) is 0 Å². The molecular formula is C3H7NO3S2. The zero-order valence-corrected chi connectivity index (χ0v) is 6.24. The first-order chi connectivity index (χ1) is 3.92. The van der Waals surface area contributed by atoms with Crippen LogP contribution in [0.25, 0.3) is 0 Å². The molecule has 4 nitrogen and oxygen atoms in total. The SMILES string of the molecule is N=C(S)CCS(=O)(=O)O. The zero-order valence-electron chi connectivity index (χ0n) is 4.53. The van der Waals surface area contributed by atoms with E-state index in [1.165, 1.54) is 0 Å². The molecule has 0 unspecified atom stereocenters. The molecule has 0 aromatic rings. The molecule has 0 aromatic carbocycles. The maximum absolute atomic E-state index is 9.96. The molecule has 9 heavy (non-hydrogen) atoms. The summed E-state index contributed by atoms with van der Waals surface area (Å²) in [5.41, 5.74) is 0.